The summed E-state index contributed by atoms with van der Waals surface area (Å²) in [6.45, 7) is 15.8. The average molecular weight is 196 g/mol. The van der Waals surface area contributed by atoms with Crippen LogP contribution in [0.5, 0.6) is 0 Å². The lowest BCUT2D eigenvalue weighted by molar-refractivity contribution is 0.593. The zero-order valence-electron chi connectivity index (χ0n) is 10.7. The van der Waals surface area contributed by atoms with Crippen molar-refractivity contribution in [1.29, 1.82) is 0 Å². The minimum atomic E-state index is 0.575. The topological polar surface area (TPSA) is 17.8 Å². The van der Waals surface area contributed by atoms with Crippen molar-refractivity contribution >= 4 is 0 Å². The van der Waals surface area contributed by atoms with E-state index in [1.165, 1.54) is 17.0 Å². The van der Waals surface area contributed by atoms with Crippen LogP contribution < -0.4 is 0 Å². The molecule has 1 aromatic rings. The van der Waals surface area contributed by atoms with Gasteiger partial charge in [0.05, 0.1) is 5.69 Å². The van der Waals surface area contributed by atoms with Crippen molar-refractivity contribution in [2.45, 2.75) is 60.9 Å². The molecule has 0 aliphatic carbocycles. The molecule has 1 heterocycles. The van der Waals surface area contributed by atoms with E-state index in [9.17, 15) is 0 Å². The second-order valence-corrected chi connectivity index (χ2v) is 3.57. The van der Waals surface area contributed by atoms with Crippen molar-refractivity contribution in [3.63, 3.8) is 0 Å². The summed E-state index contributed by atoms with van der Waals surface area (Å²) >= 11 is 0. The van der Waals surface area contributed by atoms with Crippen LogP contribution in [0.3, 0.4) is 0 Å². The Kier molecular flexibility index (Phi) is 5.51. The minimum absolute atomic E-state index is 0.575. The highest BCUT2D eigenvalue weighted by Gasteiger charge is 2.12. The second-order valence-electron chi connectivity index (χ2n) is 3.57. The molecule has 0 amide bonds. The Bertz CT molecular complexity index is 272. The number of aryl methyl sites for hydroxylation is 2. The normalized spacial score (nSPS) is 10.0. The fourth-order valence-electron chi connectivity index (χ4n) is 1.66. The first-order valence-corrected chi connectivity index (χ1v) is 5.61. The van der Waals surface area contributed by atoms with E-state index < -0.39 is 0 Å². The van der Waals surface area contributed by atoms with Crippen LogP contribution in [0.4, 0.5) is 0 Å². The van der Waals surface area contributed by atoms with Gasteiger partial charge in [-0.05, 0) is 32.3 Å². The average Bonchev–Trinajstić information content (AvgIpc) is 2.46. The van der Waals surface area contributed by atoms with Crippen LogP contribution in [0, 0.1) is 13.8 Å². The molecule has 1 rings (SSSR count). The van der Waals surface area contributed by atoms with E-state index in [2.05, 4.69) is 44.4 Å². The van der Waals surface area contributed by atoms with Gasteiger partial charge in [0, 0.05) is 12.2 Å². The number of hydrogen-bond donors (Lipinski definition) is 0. The predicted molar refractivity (Wildman–Crippen MR) is 62.8 cm³/mol. The summed E-state index contributed by atoms with van der Waals surface area (Å²) in [5.41, 5.74) is 3.90. The number of hydrogen-bond acceptors (Lipinski definition) is 1. The van der Waals surface area contributed by atoms with Crippen LogP contribution in [0.2, 0.25) is 0 Å². The van der Waals surface area contributed by atoms with Crippen LogP contribution in [0.1, 0.15) is 57.5 Å². The molecule has 82 valence electrons. The van der Waals surface area contributed by atoms with Crippen molar-refractivity contribution < 1.29 is 0 Å². The molecule has 2 nitrogen and oxygen atoms in total. The van der Waals surface area contributed by atoms with Gasteiger partial charge in [-0.25, -0.2) is 0 Å². The Morgan fingerprint density at radius 2 is 1.71 bits per heavy atom. The summed E-state index contributed by atoms with van der Waals surface area (Å²) in [6, 6.07) is 0. The summed E-state index contributed by atoms with van der Waals surface area (Å²) in [4.78, 5) is 0. The van der Waals surface area contributed by atoms with Gasteiger partial charge in [0.25, 0.3) is 0 Å². The lowest BCUT2D eigenvalue weighted by Gasteiger charge is -2.08. The molecule has 0 aliphatic rings. The summed E-state index contributed by atoms with van der Waals surface area (Å²) in [5, 5.41) is 4.47. The Morgan fingerprint density at radius 1 is 1.21 bits per heavy atom. The Labute approximate surface area is 88.3 Å². The number of rotatable bonds is 2. The monoisotopic (exact) mass is 196 g/mol. The van der Waals surface area contributed by atoms with Crippen molar-refractivity contribution in [1.82, 2.24) is 9.78 Å². The number of aromatic nitrogens is 2. The van der Waals surface area contributed by atoms with Gasteiger partial charge in [0.15, 0.2) is 0 Å². The molecular formula is C12H24N2. The molecule has 0 unspecified atom stereocenters. The van der Waals surface area contributed by atoms with Gasteiger partial charge in [-0.2, -0.15) is 5.10 Å². The van der Waals surface area contributed by atoms with Crippen LogP contribution in [-0.2, 0) is 6.54 Å². The Hall–Kier alpha value is -0.790. The molecular weight excluding hydrogens is 172 g/mol. The molecule has 14 heavy (non-hydrogen) atoms. The molecule has 0 spiro atoms. The summed E-state index contributed by atoms with van der Waals surface area (Å²) < 4.78 is 2.11. The lowest BCUT2D eigenvalue weighted by Crippen LogP contribution is -2.04. The van der Waals surface area contributed by atoms with E-state index in [0.717, 1.165) is 6.54 Å². The first kappa shape index (κ1) is 13.2. The lowest BCUT2D eigenvalue weighted by atomic mass is 10.1. The molecule has 2 heteroatoms. The zero-order valence-corrected chi connectivity index (χ0v) is 10.7. The molecule has 1 aromatic heterocycles. The van der Waals surface area contributed by atoms with Crippen molar-refractivity contribution in [3.8, 4) is 0 Å². The molecule has 0 fully saturated rings. The first-order chi connectivity index (χ1) is 6.57. The van der Waals surface area contributed by atoms with Gasteiger partial charge in [0.2, 0.25) is 0 Å². The van der Waals surface area contributed by atoms with Gasteiger partial charge in [0.1, 0.15) is 0 Å². The second kappa shape index (κ2) is 5.84. The fourth-order valence-corrected chi connectivity index (χ4v) is 1.66. The van der Waals surface area contributed by atoms with Crippen molar-refractivity contribution in [3.05, 3.63) is 17.0 Å². The minimum Gasteiger partial charge on any atom is -0.269 e. The van der Waals surface area contributed by atoms with Gasteiger partial charge in [-0.3, -0.25) is 4.68 Å². The molecule has 0 atom stereocenters. The molecule has 0 saturated heterocycles. The third kappa shape index (κ3) is 2.60. The van der Waals surface area contributed by atoms with E-state index >= 15 is 0 Å². The predicted octanol–water partition coefficient (Wildman–Crippen LogP) is 3.67. The molecule has 0 N–H and O–H groups in total. The van der Waals surface area contributed by atoms with Crippen LogP contribution in [0.15, 0.2) is 0 Å². The van der Waals surface area contributed by atoms with Gasteiger partial charge in [-0.15, -0.1) is 0 Å². The van der Waals surface area contributed by atoms with Crippen LogP contribution in [0.25, 0.3) is 0 Å². The molecule has 0 saturated carbocycles. The summed E-state index contributed by atoms with van der Waals surface area (Å²) in [5.74, 6) is 0.575. The smallest absolute Gasteiger partial charge is 0.0625 e. The largest absolute Gasteiger partial charge is 0.269 e. The van der Waals surface area contributed by atoms with Crippen molar-refractivity contribution in [2.75, 3.05) is 0 Å². The van der Waals surface area contributed by atoms with E-state index in [-0.39, 0.29) is 0 Å². The van der Waals surface area contributed by atoms with E-state index in [4.69, 9.17) is 0 Å². The molecule has 0 aromatic carbocycles. The summed E-state index contributed by atoms with van der Waals surface area (Å²) in [6.07, 6.45) is 0. The molecule has 0 aliphatic heterocycles. The SMILES string of the molecule is CC.CCn1nc(C)c(C)c1C(C)C. The Morgan fingerprint density at radius 3 is 2.00 bits per heavy atom. The maximum atomic E-state index is 4.47. The third-order valence-corrected chi connectivity index (χ3v) is 2.32. The zero-order chi connectivity index (χ0) is 11.3. The van der Waals surface area contributed by atoms with E-state index in [0.29, 0.717) is 5.92 Å². The third-order valence-electron chi connectivity index (χ3n) is 2.32. The van der Waals surface area contributed by atoms with Crippen LogP contribution in [-0.4, -0.2) is 9.78 Å². The van der Waals surface area contributed by atoms with Crippen LogP contribution >= 0.6 is 0 Å². The van der Waals surface area contributed by atoms with Gasteiger partial charge in [-0.1, -0.05) is 27.7 Å². The quantitative estimate of drug-likeness (QED) is 0.705. The molecule has 0 radical (unpaired) electrons. The highest BCUT2D eigenvalue weighted by Crippen LogP contribution is 2.21. The summed E-state index contributed by atoms with van der Waals surface area (Å²) in [7, 11) is 0. The standard InChI is InChI=1S/C10H18N2.C2H6/c1-6-12-10(7(2)3)8(4)9(5)11-12;1-2/h7H,6H2,1-5H3;1-2H3. The molecule has 0 bridgehead atoms. The Balaban J connectivity index is 0.000000791. The highest BCUT2D eigenvalue weighted by atomic mass is 15.3. The first-order valence-electron chi connectivity index (χ1n) is 5.61. The maximum absolute atomic E-state index is 4.47. The van der Waals surface area contributed by atoms with Crippen molar-refractivity contribution in [2.24, 2.45) is 0 Å². The van der Waals surface area contributed by atoms with E-state index in [1.807, 2.05) is 13.8 Å². The maximum Gasteiger partial charge on any atom is 0.0625 e. The highest BCUT2D eigenvalue weighted by molar-refractivity contribution is 5.26. The fraction of sp³-hybridized carbons (Fsp3) is 0.750. The van der Waals surface area contributed by atoms with Gasteiger partial charge >= 0.3 is 0 Å². The van der Waals surface area contributed by atoms with E-state index in [1.54, 1.807) is 0 Å². The number of nitrogens with zero attached hydrogens (tertiary/aromatic N) is 2. The van der Waals surface area contributed by atoms with Gasteiger partial charge < -0.3 is 0 Å².